The van der Waals surface area contributed by atoms with E-state index < -0.39 is 45.0 Å². The Bertz CT molecular complexity index is 2440. The first kappa shape index (κ1) is 37.4. The van der Waals surface area contributed by atoms with Crippen LogP contribution in [0.15, 0.2) is 85.6 Å². The van der Waals surface area contributed by atoms with Gasteiger partial charge in [0.25, 0.3) is 10.1 Å². The van der Waals surface area contributed by atoms with Crippen LogP contribution in [-0.2, 0) is 30.4 Å². The predicted molar refractivity (Wildman–Crippen MR) is 169 cm³/mol. The summed E-state index contributed by atoms with van der Waals surface area (Å²) in [5, 5.41) is 12.9. The Hall–Kier alpha value is -3.41. The third-order valence-electron chi connectivity index (χ3n) is 6.41. The van der Waals surface area contributed by atoms with Gasteiger partial charge in [0.05, 0.1) is 26.9 Å². The molecule has 0 bridgehead atoms. The third kappa shape index (κ3) is 8.41. The molecule has 0 saturated carbocycles. The number of rotatable bonds is 10. The molecule has 48 heavy (non-hydrogen) atoms. The summed E-state index contributed by atoms with van der Waals surface area (Å²) in [6.45, 7) is 2.04. The van der Waals surface area contributed by atoms with Crippen molar-refractivity contribution in [3.63, 3.8) is 0 Å². The molecular weight excluding hydrogens is 723 g/mol. The second-order valence-corrected chi connectivity index (χ2v) is 14.3. The minimum Gasteiger partial charge on any atom is -0.744 e. The van der Waals surface area contributed by atoms with Crippen LogP contribution in [0.5, 0.6) is 0 Å². The van der Waals surface area contributed by atoms with Crippen LogP contribution in [0.3, 0.4) is 0 Å². The summed E-state index contributed by atoms with van der Waals surface area (Å²) >= 11 is 6.04. The Kier molecular flexibility index (Phi) is 11.1. The van der Waals surface area contributed by atoms with Crippen LogP contribution >= 0.6 is 11.6 Å². The Labute approximate surface area is 302 Å². The number of aromatic nitrogens is 3. The average molecular weight is 745 g/mol. The molecule has 5 aromatic rings. The first-order valence-electron chi connectivity index (χ1n) is 13.0. The van der Waals surface area contributed by atoms with E-state index in [1.165, 1.54) is 24.3 Å². The molecule has 1 heterocycles. The van der Waals surface area contributed by atoms with E-state index in [4.69, 9.17) is 17.3 Å². The summed E-state index contributed by atoms with van der Waals surface area (Å²) in [7, 11) is -15.1. The van der Waals surface area contributed by atoms with Gasteiger partial charge in [0.2, 0.25) is 17.2 Å². The minimum atomic E-state index is -5.19. The van der Waals surface area contributed by atoms with E-state index >= 15 is 0 Å². The third-order valence-corrected chi connectivity index (χ3v) is 9.24. The first-order valence-corrected chi connectivity index (χ1v) is 17.7. The smallest absolute Gasteiger partial charge is 0.744 e. The van der Waals surface area contributed by atoms with Crippen molar-refractivity contribution in [2.75, 3.05) is 17.2 Å². The maximum absolute atomic E-state index is 12.4. The summed E-state index contributed by atoms with van der Waals surface area (Å²) in [6, 6.07) is 11.5. The Balaban J connectivity index is 0.00000325. The molecule has 1 aromatic heterocycles. The number of hydrogen-bond donors (Lipinski definition) is 4. The molecule has 0 aliphatic carbocycles. The number of nitrogens with one attached hydrogen (secondary N) is 2. The van der Waals surface area contributed by atoms with Crippen LogP contribution in [0.2, 0.25) is 5.28 Å². The van der Waals surface area contributed by atoms with Gasteiger partial charge in [-0.25, -0.2) is 16.8 Å². The van der Waals surface area contributed by atoms with E-state index in [0.717, 1.165) is 36.4 Å². The molecule has 0 fully saturated rings. The fraction of sp³-hybridized carbons (Fsp3) is 0.115. The van der Waals surface area contributed by atoms with E-state index in [-0.39, 0.29) is 92.8 Å². The number of halogens is 1. The minimum absolute atomic E-state index is 0. The maximum atomic E-state index is 12.4. The van der Waals surface area contributed by atoms with E-state index in [1.54, 1.807) is 6.92 Å². The molecule has 22 heteroatoms. The molecule has 0 amide bonds. The van der Waals surface area contributed by atoms with Gasteiger partial charge in [-0.1, -0.05) is 24.3 Å². The van der Waals surface area contributed by atoms with Crippen molar-refractivity contribution in [1.82, 2.24) is 15.0 Å². The fourth-order valence-corrected chi connectivity index (χ4v) is 6.81. The molecule has 5 rings (SSSR count). The van der Waals surface area contributed by atoms with Crippen molar-refractivity contribution < 1.29 is 69.9 Å². The molecule has 246 valence electrons. The van der Waals surface area contributed by atoms with Gasteiger partial charge in [0.15, 0.2) is 0 Å². The average Bonchev–Trinajstić information content (AvgIpc) is 2.97. The van der Waals surface area contributed by atoms with Gasteiger partial charge in [-0.3, -0.25) is 4.55 Å². The summed E-state index contributed by atoms with van der Waals surface area (Å²) < 4.78 is 107. The van der Waals surface area contributed by atoms with Crippen molar-refractivity contribution in [1.29, 1.82) is 0 Å². The van der Waals surface area contributed by atoms with Crippen molar-refractivity contribution >= 4 is 92.5 Å². The topological polar surface area (TPSA) is 282 Å². The van der Waals surface area contributed by atoms with Gasteiger partial charge < -0.3 is 25.5 Å². The maximum Gasteiger partial charge on any atom is 1.00 e. The fourth-order valence-electron chi connectivity index (χ4n) is 4.53. The van der Waals surface area contributed by atoms with E-state index in [2.05, 4.69) is 35.8 Å². The SMILES string of the molecule is CC(N)CNc1nc(Cl)nc(Nc2ccc(N=Nc3cc(S(=O)(=O)[O-])c4cccc(S(=O)(=O)[O-])c4c3)c3cccc(S(=O)(=O)O)c23)n1.[H+].[Na+]. The molecule has 0 aliphatic heterocycles. The van der Waals surface area contributed by atoms with Gasteiger partial charge in [-0.2, -0.15) is 28.5 Å². The summed E-state index contributed by atoms with van der Waals surface area (Å²) in [6.07, 6.45) is 0. The molecule has 0 radical (unpaired) electrons. The molecule has 0 aliphatic rings. The van der Waals surface area contributed by atoms with Crippen LogP contribution in [0.4, 0.5) is 29.0 Å². The van der Waals surface area contributed by atoms with Gasteiger partial charge in [-0.15, -0.1) is 5.11 Å². The molecule has 4 aromatic carbocycles. The Morgan fingerprint density at radius 2 is 1.48 bits per heavy atom. The number of fused-ring (bicyclic) bond motifs is 2. The Morgan fingerprint density at radius 1 is 0.854 bits per heavy atom. The summed E-state index contributed by atoms with van der Waals surface area (Å²) in [5.74, 6) is -0.0399. The zero-order valence-electron chi connectivity index (χ0n) is 25.7. The zero-order valence-corrected chi connectivity index (χ0v) is 29.9. The molecule has 0 spiro atoms. The van der Waals surface area contributed by atoms with Gasteiger partial charge in [-0.05, 0) is 54.9 Å². The zero-order chi connectivity index (χ0) is 34.3. The molecule has 0 saturated heterocycles. The molecule has 17 nitrogen and oxygen atoms in total. The quantitative estimate of drug-likeness (QED) is 0.0879. The van der Waals surface area contributed by atoms with Crippen molar-refractivity contribution in [2.24, 2.45) is 16.0 Å². The number of hydrogen-bond acceptors (Lipinski definition) is 16. The number of benzene rings is 4. The standard InChI is InChI=1S/C26H23ClN8O9S3.Na/c1-13(28)12-29-25-31-24(27)32-26(33-25)30-19-9-8-18(16-5-3-7-21(23(16)19)46(39,40)41)35-34-14-10-17-15(22(11-14)47(42,43)44)4-2-6-20(17)45(36,37)38;/h2-11,13H,12,28H2,1H3,(H,36,37,38)(H,39,40,41)(H,42,43,44)(H2,29,30,31,32,33);/q;+1/p-1. The van der Waals surface area contributed by atoms with Crippen LogP contribution in [0.25, 0.3) is 21.5 Å². The largest absolute Gasteiger partial charge is 1.00 e. The molecular formula is C26H22ClN8NaO9S3. The Morgan fingerprint density at radius 3 is 2.10 bits per heavy atom. The van der Waals surface area contributed by atoms with Crippen molar-refractivity contribution in [3.8, 4) is 0 Å². The molecule has 5 N–H and O–H groups in total. The first-order chi connectivity index (χ1) is 21.9. The van der Waals surface area contributed by atoms with Crippen molar-refractivity contribution in [3.05, 3.63) is 65.9 Å². The second kappa shape index (κ2) is 14.2. The van der Waals surface area contributed by atoms with Crippen LogP contribution in [0.1, 0.15) is 8.35 Å². The predicted octanol–water partition coefficient (Wildman–Crippen LogP) is 0.921. The van der Waals surface area contributed by atoms with E-state index in [1.807, 2.05) is 0 Å². The normalized spacial score (nSPS) is 13.0. The van der Waals surface area contributed by atoms with E-state index in [0.29, 0.717) is 6.54 Å². The van der Waals surface area contributed by atoms with Crippen LogP contribution in [-0.4, -0.2) is 66.5 Å². The number of nitrogens with two attached hydrogens (primary N) is 1. The molecule has 1 atom stereocenters. The van der Waals surface area contributed by atoms with Gasteiger partial charge in [0.1, 0.15) is 25.1 Å². The summed E-state index contributed by atoms with van der Waals surface area (Å²) in [4.78, 5) is 9.98. The molecule has 1 unspecified atom stereocenters. The van der Waals surface area contributed by atoms with Crippen LogP contribution in [0, 0.1) is 0 Å². The van der Waals surface area contributed by atoms with Gasteiger partial charge in [0, 0.05) is 34.1 Å². The van der Waals surface area contributed by atoms with E-state index in [9.17, 15) is 38.9 Å². The number of anilines is 3. The monoisotopic (exact) mass is 744 g/mol. The second-order valence-electron chi connectivity index (χ2n) is 9.92. The summed E-state index contributed by atoms with van der Waals surface area (Å²) in [5.41, 5.74) is 5.49. The number of nitrogens with zero attached hydrogens (tertiary/aromatic N) is 5. The van der Waals surface area contributed by atoms with Crippen LogP contribution < -0.4 is 45.9 Å². The van der Waals surface area contributed by atoms with Gasteiger partial charge >= 0.3 is 31.0 Å². The number of azo groups is 1. The van der Waals surface area contributed by atoms with Crippen molar-refractivity contribution in [2.45, 2.75) is 27.7 Å².